The lowest BCUT2D eigenvalue weighted by molar-refractivity contribution is 0.462. The van der Waals surface area contributed by atoms with Crippen molar-refractivity contribution < 1.29 is 5.11 Å². The molecular formula is C6H6N4O. The molecule has 5 heteroatoms. The monoisotopic (exact) mass is 150 g/mol. The van der Waals surface area contributed by atoms with E-state index in [0.29, 0.717) is 11.5 Å². The van der Waals surface area contributed by atoms with Gasteiger partial charge in [-0.2, -0.15) is 10.1 Å². The summed E-state index contributed by atoms with van der Waals surface area (Å²) in [6.45, 7) is 1.71. The zero-order valence-corrected chi connectivity index (χ0v) is 5.89. The van der Waals surface area contributed by atoms with E-state index in [9.17, 15) is 5.11 Å². The van der Waals surface area contributed by atoms with Crippen LogP contribution in [0.3, 0.4) is 0 Å². The third-order valence-corrected chi connectivity index (χ3v) is 1.44. The van der Waals surface area contributed by atoms with Crippen LogP contribution in [0.25, 0.3) is 5.78 Å². The molecule has 0 amide bonds. The molecule has 0 atom stereocenters. The van der Waals surface area contributed by atoms with Crippen LogP contribution in [0.1, 0.15) is 5.69 Å². The largest absolute Gasteiger partial charge is 0.504 e. The lowest BCUT2D eigenvalue weighted by Gasteiger charge is -1.95. The Labute approximate surface area is 62.3 Å². The lowest BCUT2D eigenvalue weighted by Crippen LogP contribution is -1.92. The molecule has 5 nitrogen and oxygen atoms in total. The molecule has 2 aromatic heterocycles. The van der Waals surface area contributed by atoms with Gasteiger partial charge >= 0.3 is 0 Å². The van der Waals surface area contributed by atoms with E-state index in [2.05, 4.69) is 15.1 Å². The Morgan fingerprint density at radius 1 is 1.55 bits per heavy atom. The molecule has 1 N–H and O–H groups in total. The highest BCUT2D eigenvalue weighted by Crippen LogP contribution is 2.11. The molecule has 56 valence electrons. The molecule has 0 saturated carbocycles. The number of fused-ring (bicyclic) bond motifs is 1. The van der Waals surface area contributed by atoms with Gasteiger partial charge in [-0.15, -0.1) is 0 Å². The predicted octanol–water partition coefficient (Wildman–Crippen LogP) is 0.138. The van der Waals surface area contributed by atoms with E-state index in [1.54, 1.807) is 6.92 Å². The Bertz CT molecular complexity index is 358. The zero-order valence-electron chi connectivity index (χ0n) is 5.89. The topological polar surface area (TPSA) is 63.3 Å². The van der Waals surface area contributed by atoms with Gasteiger partial charge in [0.15, 0.2) is 5.75 Å². The van der Waals surface area contributed by atoms with Crippen LogP contribution in [-0.4, -0.2) is 24.7 Å². The first kappa shape index (κ1) is 6.09. The van der Waals surface area contributed by atoms with Crippen molar-refractivity contribution in [1.29, 1.82) is 0 Å². The summed E-state index contributed by atoms with van der Waals surface area (Å²) in [5.41, 5.74) is 0.561. The van der Waals surface area contributed by atoms with Crippen LogP contribution in [0.5, 0.6) is 5.75 Å². The number of hydrogen-bond acceptors (Lipinski definition) is 4. The summed E-state index contributed by atoms with van der Waals surface area (Å²) in [5.74, 6) is 0.628. The fraction of sp³-hybridized carbons (Fsp3) is 0.167. The first-order valence-electron chi connectivity index (χ1n) is 3.13. The van der Waals surface area contributed by atoms with E-state index in [0.717, 1.165) is 0 Å². The van der Waals surface area contributed by atoms with Crippen molar-refractivity contribution in [1.82, 2.24) is 19.6 Å². The van der Waals surface area contributed by atoms with Gasteiger partial charge in [0, 0.05) is 0 Å². The second-order valence-corrected chi connectivity index (χ2v) is 2.22. The summed E-state index contributed by atoms with van der Waals surface area (Å²) in [5, 5.41) is 13.0. The smallest absolute Gasteiger partial charge is 0.252 e. The third kappa shape index (κ3) is 0.813. The minimum absolute atomic E-state index is 0.128. The quantitative estimate of drug-likeness (QED) is 0.580. The van der Waals surface area contributed by atoms with Gasteiger partial charge in [0.1, 0.15) is 6.33 Å². The van der Waals surface area contributed by atoms with Gasteiger partial charge in [0.05, 0.1) is 11.9 Å². The van der Waals surface area contributed by atoms with Crippen molar-refractivity contribution in [2.24, 2.45) is 0 Å². The summed E-state index contributed by atoms with van der Waals surface area (Å²) in [4.78, 5) is 7.82. The van der Waals surface area contributed by atoms with Crippen molar-refractivity contribution in [3.8, 4) is 5.75 Å². The Morgan fingerprint density at radius 3 is 3.18 bits per heavy atom. The van der Waals surface area contributed by atoms with Crippen LogP contribution >= 0.6 is 0 Å². The average molecular weight is 150 g/mol. The van der Waals surface area contributed by atoms with Crippen molar-refractivity contribution in [3.63, 3.8) is 0 Å². The second kappa shape index (κ2) is 1.91. The Balaban J connectivity index is 2.86. The van der Waals surface area contributed by atoms with Crippen LogP contribution < -0.4 is 0 Å². The number of nitrogens with zero attached hydrogens (tertiary/aromatic N) is 4. The molecule has 2 aromatic rings. The van der Waals surface area contributed by atoms with Crippen molar-refractivity contribution in [2.75, 3.05) is 0 Å². The molecule has 0 spiro atoms. The molecule has 0 aliphatic heterocycles. The summed E-state index contributed by atoms with van der Waals surface area (Å²) in [6, 6.07) is 0. The average Bonchev–Trinajstić information content (AvgIpc) is 2.36. The molecule has 0 aliphatic rings. The van der Waals surface area contributed by atoms with Gasteiger partial charge in [-0.05, 0) is 6.92 Å². The summed E-state index contributed by atoms with van der Waals surface area (Å²) < 4.78 is 1.42. The van der Waals surface area contributed by atoms with E-state index in [-0.39, 0.29) is 5.75 Å². The molecule has 0 fully saturated rings. The Hall–Kier alpha value is -1.65. The van der Waals surface area contributed by atoms with Gasteiger partial charge < -0.3 is 5.11 Å². The van der Waals surface area contributed by atoms with E-state index in [4.69, 9.17) is 0 Å². The van der Waals surface area contributed by atoms with Crippen LogP contribution in [0, 0.1) is 6.92 Å². The van der Waals surface area contributed by atoms with Crippen molar-refractivity contribution in [2.45, 2.75) is 6.92 Å². The highest BCUT2D eigenvalue weighted by molar-refractivity contribution is 5.32. The third-order valence-electron chi connectivity index (χ3n) is 1.44. The van der Waals surface area contributed by atoms with E-state index < -0.39 is 0 Å². The number of aromatic hydroxyl groups is 1. The maximum absolute atomic E-state index is 9.18. The van der Waals surface area contributed by atoms with Gasteiger partial charge in [-0.3, -0.25) is 0 Å². The van der Waals surface area contributed by atoms with Gasteiger partial charge in [0.2, 0.25) is 0 Å². The summed E-state index contributed by atoms with van der Waals surface area (Å²) in [6.07, 6.45) is 2.87. The molecule has 0 radical (unpaired) electrons. The van der Waals surface area contributed by atoms with Crippen LogP contribution in [0.15, 0.2) is 12.5 Å². The molecule has 2 rings (SSSR count). The molecule has 0 bridgehead atoms. The fourth-order valence-corrected chi connectivity index (χ4v) is 0.832. The Kier molecular flexibility index (Phi) is 1.06. The molecule has 11 heavy (non-hydrogen) atoms. The highest BCUT2D eigenvalue weighted by atomic mass is 16.3. The number of hydrogen-bond donors (Lipinski definition) is 1. The van der Waals surface area contributed by atoms with Crippen LogP contribution in [0.4, 0.5) is 0 Å². The minimum Gasteiger partial charge on any atom is -0.504 e. The van der Waals surface area contributed by atoms with Crippen molar-refractivity contribution in [3.05, 3.63) is 18.2 Å². The predicted molar refractivity (Wildman–Crippen MR) is 37.2 cm³/mol. The molecule has 0 aliphatic carbocycles. The zero-order chi connectivity index (χ0) is 7.84. The lowest BCUT2D eigenvalue weighted by atomic mass is 10.4. The number of aryl methyl sites for hydroxylation is 1. The standard InChI is InChI=1S/C6H6N4O/c1-4-5(11)2-10-6(9-4)7-3-8-10/h2-3,11H,1H3. The van der Waals surface area contributed by atoms with Crippen LogP contribution in [-0.2, 0) is 0 Å². The molecular weight excluding hydrogens is 144 g/mol. The second-order valence-electron chi connectivity index (χ2n) is 2.22. The summed E-state index contributed by atoms with van der Waals surface area (Å²) >= 11 is 0. The SMILES string of the molecule is Cc1nc2ncnn2cc1O. The fourth-order valence-electron chi connectivity index (χ4n) is 0.832. The van der Waals surface area contributed by atoms with Crippen molar-refractivity contribution >= 4 is 5.78 Å². The highest BCUT2D eigenvalue weighted by Gasteiger charge is 2.01. The normalized spacial score (nSPS) is 10.6. The molecule has 0 unspecified atom stereocenters. The first-order chi connectivity index (χ1) is 5.27. The van der Waals surface area contributed by atoms with E-state index in [1.807, 2.05) is 0 Å². The molecule has 0 aromatic carbocycles. The van der Waals surface area contributed by atoms with Gasteiger partial charge in [-0.25, -0.2) is 9.50 Å². The molecule has 0 saturated heterocycles. The number of rotatable bonds is 0. The minimum atomic E-state index is 0.128. The first-order valence-corrected chi connectivity index (χ1v) is 3.13. The van der Waals surface area contributed by atoms with E-state index in [1.165, 1.54) is 17.0 Å². The van der Waals surface area contributed by atoms with Gasteiger partial charge in [-0.1, -0.05) is 0 Å². The van der Waals surface area contributed by atoms with Gasteiger partial charge in [0.25, 0.3) is 5.78 Å². The maximum Gasteiger partial charge on any atom is 0.252 e. The number of aromatic nitrogens is 4. The van der Waals surface area contributed by atoms with Crippen LogP contribution in [0.2, 0.25) is 0 Å². The molecule has 2 heterocycles. The van der Waals surface area contributed by atoms with E-state index >= 15 is 0 Å². The Morgan fingerprint density at radius 2 is 2.36 bits per heavy atom. The summed E-state index contributed by atoms with van der Waals surface area (Å²) in [7, 11) is 0. The maximum atomic E-state index is 9.18.